The summed E-state index contributed by atoms with van der Waals surface area (Å²) >= 11 is 5.98. The lowest BCUT2D eigenvalue weighted by Gasteiger charge is -2.32. The molecule has 2 rings (SSSR count). The third kappa shape index (κ3) is 7.95. The van der Waals surface area contributed by atoms with Gasteiger partial charge in [0.15, 0.2) is 5.96 Å². The number of hydrogen-bond acceptors (Lipinski definition) is 4. The first kappa shape index (κ1) is 21.8. The Morgan fingerprint density at radius 2 is 2.11 bits per heavy atom. The Hall–Kier alpha value is -1.50. The van der Waals surface area contributed by atoms with Crippen LogP contribution in [0.1, 0.15) is 12.8 Å². The third-order valence-corrected chi connectivity index (χ3v) is 5.17. The lowest BCUT2D eigenvalue weighted by molar-refractivity contribution is 0.120. The summed E-state index contributed by atoms with van der Waals surface area (Å²) in [4.78, 5) is 8.97. The van der Waals surface area contributed by atoms with Crippen molar-refractivity contribution < 1.29 is 9.47 Å². The van der Waals surface area contributed by atoms with Crippen molar-refractivity contribution in [3.63, 3.8) is 0 Å². The highest BCUT2D eigenvalue weighted by Crippen LogP contribution is 2.17. The van der Waals surface area contributed by atoms with Gasteiger partial charge in [-0.05, 0) is 50.0 Å². The maximum atomic E-state index is 5.98. The van der Waals surface area contributed by atoms with E-state index in [-0.39, 0.29) is 0 Å². The Kier molecular flexibility index (Phi) is 9.73. The van der Waals surface area contributed by atoms with Gasteiger partial charge in [0.05, 0.1) is 13.2 Å². The molecule has 7 heteroatoms. The van der Waals surface area contributed by atoms with E-state index in [1.807, 2.05) is 38.4 Å². The summed E-state index contributed by atoms with van der Waals surface area (Å²) < 4.78 is 10.9. The number of rotatable bonds is 9. The fourth-order valence-corrected chi connectivity index (χ4v) is 3.40. The lowest BCUT2D eigenvalue weighted by Crippen LogP contribution is -2.44. The second-order valence-electron chi connectivity index (χ2n) is 6.93. The highest BCUT2D eigenvalue weighted by molar-refractivity contribution is 6.30. The van der Waals surface area contributed by atoms with Gasteiger partial charge in [-0.25, -0.2) is 0 Å². The van der Waals surface area contributed by atoms with E-state index in [9.17, 15) is 0 Å². The molecule has 0 amide bonds. The second kappa shape index (κ2) is 12.1. The van der Waals surface area contributed by atoms with Crippen molar-refractivity contribution in [1.29, 1.82) is 0 Å². The number of nitrogens with one attached hydrogen (secondary N) is 1. The predicted molar refractivity (Wildman–Crippen MR) is 112 cm³/mol. The van der Waals surface area contributed by atoms with Crippen molar-refractivity contribution in [3.05, 3.63) is 29.3 Å². The van der Waals surface area contributed by atoms with Gasteiger partial charge < -0.3 is 24.6 Å². The maximum Gasteiger partial charge on any atom is 0.193 e. The minimum Gasteiger partial charge on any atom is -0.492 e. The molecule has 1 heterocycles. The molecule has 1 fully saturated rings. The number of hydrogen-bond donors (Lipinski definition) is 1. The normalized spacial score (nSPS) is 16.4. The van der Waals surface area contributed by atoms with Crippen LogP contribution in [-0.2, 0) is 4.74 Å². The summed E-state index contributed by atoms with van der Waals surface area (Å²) in [5, 5.41) is 4.20. The Bertz CT molecular complexity index is 577. The molecule has 0 radical (unpaired) electrons. The molecule has 0 aromatic heterocycles. The summed E-state index contributed by atoms with van der Waals surface area (Å²) in [5.41, 5.74) is 0. The average Bonchev–Trinajstić information content (AvgIpc) is 2.68. The fraction of sp³-hybridized carbons (Fsp3) is 0.650. The van der Waals surface area contributed by atoms with E-state index in [4.69, 9.17) is 21.1 Å². The zero-order chi connectivity index (χ0) is 19.5. The first-order chi connectivity index (χ1) is 13.1. The van der Waals surface area contributed by atoms with Crippen LogP contribution in [-0.4, -0.2) is 82.9 Å². The Morgan fingerprint density at radius 1 is 1.33 bits per heavy atom. The zero-order valence-electron chi connectivity index (χ0n) is 16.8. The Morgan fingerprint density at radius 3 is 2.78 bits per heavy atom. The Balaban J connectivity index is 1.66. The van der Waals surface area contributed by atoms with Crippen LogP contribution in [0.4, 0.5) is 0 Å². The summed E-state index contributed by atoms with van der Waals surface area (Å²) in [5.74, 6) is 2.39. The SMILES string of the molecule is CN=C(NCC1CCN(CCOC)CC1)N(C)CCOc1cccc(Cl)c1. The Labute approximate surface area is 168 Å². The van der Waals surface area contributed by atoms with E-state index in [0.29, 0.717) is 17.5 Å². The van der Waals surface area contributed by atoms with E-state index in [2.05, 4.69) is 20.1 Å². The molecular weight excluding hydrogens is 364 g/mol. The van der Waals surface area contributed by atoms with Crippen molar-refractivity contribution in [2.24, 2.45) is 10.9 Å². The van der Waals surface area contributed by atoms with Crippen LogP contribution in [0.15, 0.2) is 29.3 Å². The molecule has 152 valence electrons. The fourth-order valence-electron chi connectivity index (χ4n) is 3.22. The number of ether oxygens (including phenoxy) is 2. The molecule has 0 atom stereocenters. The molecule has 0 aliphatic carbocycles. The van der Waals surface area contributed by atoms with Gasteiger partial charge >= 0.3 is 0 Å². The number of piperidine rings is 1. The van der Waals surface area contributed by atoms with E-state index < -0.39 is 0 Å². The largest absolute Gasteiger partial charge is 0.492 e. The van der Waals surface area contributed by atoms with Crippen LogP contribution in [0, 0.1) is 5.92 Å². The summed E-state index contributed by atoms with van der Waals surface area (Å²) in [6.45, 7) is 6.45. The van der Waals surface area contributed by atoms with E-state index in [1.54, 1.807) is 7.11 Å². The molecule has 0 saturated carbocycles. The van der Waals surface area contributed by atoms with Gasteiger partial charge in [0.2, 0.25) is 0 Å². The summed E-state index contributed by atoms with van der Waals surface area (Å²) in [7, 11) is 5.62. The van der Waals surface area contributed by atoms with Gasteiger partial charge in [0.1, 0.15) is 12.4 Å². The number of nitrogens with zero attached hydrogens (tertiary/aromatic N) is 3. The molecule has 1 aromatic rings. The van der Waals surface area contributed by atoms with Crippen molar-refractivity contribution in [2.75, 3.05) is 67.1 Å². The van der Waals surface area contributed by atoms with Crippen LogP contribution >= 0.6 is 11.6 Å². The van der Waals surface area contributed by atoms with E-state index >= 15 is 0 Å². The number of likely N-dealkylation sites (tertiary alicyclic amines) is 1. The number of likely N-dealkylation sites (N-methyl/N-ethyl adjacent to an activating group) is 1. The van der Waals surface area contributed by atoms with E-state index in [1.165, 1.54) is 12.8 Å². The standard InChI is InChI=1S/C20H33ClN4O2/c1-22-20(23-16-17-7-9-25(10-8-17)12-13-26-3)24(2)11-14-27-19-6-4-5-18(21)15-19/h4-6,15,17H,7-14,16H2,1-3H3,(H,22,23). The van der Waals surface area contributed by atoms with Crippen molar-refractivity contribution in [2.45, 2.75) is 12.8 Å². The minimum absolute atomic E-state index is 0.579. The van der Waals surface area contributed by atoms with Crippen molar-refractivity contribution >= 4 is 17.6 Å². The average molecular weight is 397 g/mol. The van der Waals surface area contributed by atoms with Crippen molar-refractivity contribution in [3.8, 4) is 5.75 Å². The third-order valence-electron chi connectivity index (χ3n) is 4.93. The molecule has 0 bridgehead atoms. The molecule has 1 aromatic carbocycles. The second-order valence-corrected chi connectivity index (χ2v) is 7.37. The van der Waals surface area contributed by atoms with Gasteiger partial charge in [-0.1, -0.05) is 17.7 Å². The van der Waals surface area contributed by atoms with Gasteiger partial charge in [-0.15, -0.1) is 0 Å². The molecule has 27 heavy (non-hydrogen) atoms. The van der Waals surface area contributed by atoms with Crippen LogP contribution < -0.4 is 10.1 Å². The molecule has 1 saturated heterocycles. The summed E-state index contributed by atoms with van der Waals surface area (Å²) in [6.07, 6.45) is 2.44. The van der Waals surface area contributed by atoms with Crippen molar-refractivity contribution in [1.82, 2.24) is 15.1 Å². The smallest absolute Gasteiger partial charge is 0.193 e. The van der Waals surface area contributed by atoms with Gasteiger partial charge in [-0.2, -0.15) is 0 Å². The first-order valence-electron chi connectivity index (χ1n) is 9.63. The molecular formula is C20H33ClN4O2. The molecule has 1 aliphatic rings. The number of guanidine groups is 1. The molecule has 0 unspecified atom stereocenters. The highest BCUT2D eigenvalue weighted by atomic mass is 35.5. The zero-order valence-corrected chi connectivity index (χ0v) is 17.5. The number of aliphatic imine (C=N–C) groups is 1. The van der Waals surface area contributed by atoms with E-state index in [0.717, 1.165) is 51.0 Å². The number of benzene rings is 1. The van der Waals surface area contributed by atoms with Gasteiger partial charge in [0.25, 0.3) is 0 Å². The van der Waals surface area contributed by atoms with Crippen LogP contribution in [0.3, 0.4) is 0 Å². The van der Waals surface area contributed by atoms with Gasteiger partial charge in [-0.3, -0.25) is 4.99 Å². The molecule has 1 aliphatic heterocycles. The molecule has 0 spiro atoms. The summed E-state index contributed by atoms with van der Waals surface area (Å²) in [6, 6.07) is 7.47. The minimum atomic E-state index is 0.579. The monoisotopic (exact) mass is 396 g/mol. The number of methoxy groups -OCH3 is 1. The topological polar surface area (TPSA) is 49.3 Å². The van der Waals surface area contributed by atoms with Crippen LogP contribution in [0.2, 0.25) is 5.02 Å². The molecule has 1 N–H and O–H groups in total. The quantitative estimate of drug-likeness (QED) is 0.513. The van der Waals surface area contributed by atoms with Crippen LogP contribution in [0.5, 0.6) is 5.75 Å². The van der Waals surface area contributed by atoms with Crippen LogP contribution in [0.25, 0.3) is 0 Å². The first-order valence-corrected chi connectivity index (χ1v) is 10.0. The lowest BCUT2D eigenvalue weighted by atomic mass is 9.97. The number of halogens is 1. The molecule has 6 nitrogen and oxygen atoms in total. The van der Waals surface area contributed by atoms with Gasteiger partial charge in [0, 0.05) is 39.3 Å². The predicted octanol–water partition coefficient (Wildman–Crippen LogP) is 2.58. The highest BCUT2D eigenvalue weighted by Gasteiger charge is 2.19. The maximum absolute atomic E-state index is 5.98.